The quantitative estimate of drug-likeness (QED) is 0.357. The van der Waals surface area contributed by atoms with Crippen LogP contribution in [0.25, 0.3) is 34.3 Å². The van der Waals surface area contributed by atoms with E-state index in [1.165, 1.54) is 23.2 Å². The lowest BCUT2D eigenvalue weighted by Gasteiger charge is -2.10. The number of nitro benzene ring substituents is 1. The average molecular weight is 416 g/mol. The third-order valence-corrected chi connectivity index (χ3v) is 4.42. The van der Waals surface area contributed by atoms with Crippen LogP contribution in [0.4, 0.5) is 5.69 Å². The number of hydrogen-bond donors (Lipinski definition) is 0. The molecule has 10 heteroatoms. The van der Waals surface area contributed by atoms with Crippen LogP contribution in [0.5, 0.6) is 0 Å². The van der Waals surface area contributed by atoms with E-state index in [1.807, 2.05) is 0 Å². The monoisotopic (exact) mass is 416 g/mol. The minimum Gasteiger partial charge on any atom is -0.415 e. The van der Waals surface area contributed by atoms with Gasteiger partial charge in [-0.3, -0.25) is 19.9 Å². The number of rotatable bonds is 5. The highest BCUT2D eigenvalue weighted by atomic mass is 16.6. The van der Waals surface area contributed by atoms with Gasteiger partial charge in [-0.15, -0.1) is 10.2 Å². The molecule has 154 valence electrons. The molecule has 0 unspecified atom stereocenters. The molecule has 10 nitrogen and oxygen atoms in total. The average Bonchev–Trinajstić information content (AvgIpc) is 3.29. The first-order valence-corrected chi connectivity index (χ1v) is 9.15. The molecule has 0 aliphatic carbocycles. The second-order valence-electron chi connectivity index (χ2n) is 6.79. The van der Waals surface area contributed by atoms with Crippen LogP contribution in [-0.2, 0) is 0 Å². The molecule has 0 aliphatic heterocycles. The third kappa shape index (κ3) is 4.13. The molecule has 0 N–H and O–H groups in total. The highest BCUT2D eigenvalue weighted by Gasteiger charge is 2.16. The van der Waals surface area contributed by atoms with Gasteiger partial charge in [0, 0.05) is 42.9 Å². The van der Waals surface area contributed by atoms with Gasteiger partial charge in [-0.25, -0.2) is 4.98 Å². The molecule has 1 amide bonds. The Labute approximate surface area is 176 Å². The van der Waals surface area contributed by atoms with Crippen molar-refractivity contribution in [2.75, 3.05) is 14.1 Å². The first-order chi connectivity index (χ1) is 14.9. The number of non-ortho nitro benzene ring substituents is 1. The van der Waals surface area contributed by atoms with E-state index >= 15 is 0 Å². The van der Waals surface area contributed by atoms with Gasteiger partial charge in [0.2, 0.25) is 5.89 Å². The summed E-state index contributed by atoms with van der Waals surface area (Å²) < 4.78 is 5.66. The fraction of sp³-hybridized carbons (Fsp3) is 0.0952. The molecule has 0 atom stereocenters. The molecule has 2 aromatic carbocycles. The van der Waals surface area contributed by atoms with Crippen molar-refractivity contribution in [3.8, 4) is 34.3 Å². The molecule has 0 aliphatic rings. The summed E-state index contributed by atoms with van der Waals surface area (Å²) in [6, 6.07) is 12.9. The van der Waals surface area contributed by atoms with Crippen molar-refractivity contribution in [1.29, 1.82) is 0 Å². The number of nitrogens with zero attached hydrogens (tertiary/aromatic N) is 6. The van der Waals surface area contributed by atoms with Gasteiger partial charge in [0.25, 0.3) is 17.5 Å². The number of carbonyl (C=O) groups is 1. The summed E-state index contributed by atoms with van der Waals surface area (Å²) in [7, 11) is 3.38. The Balaban J connectivity index is 1.62. The predicted octanol–water partition coefficient (Wildman–Crippen LogP) is 3.47. The zero-order chi connectivity index (χ0) is 22.0. The lowest BCUT2D eigenvalue weighted by Crippen LogP contribution is -2.21. The summed E-state index contributed by atoms with van der Waals surface area (Å²) in [6.07, 6.45) is 3.07. The van der Waals surface area contributed by atoms with Crippen molar-refractivity contribution in [1.82, 2.24) is 25.1 Å². The second kappa shape index (κ2) is 8.11. The maximum atomic E-state index is 12.0. The van der Waals surface area contributed by atoms with Gasteiger partial charge < -0.3 is 9.32 Å². The molecule has 0 bridgehead atoms. The van der Waals surface area contributed by atoms with Gasteiger partial charge in [0.1, 0.15) is 5.69 Å². The SMILES string of the molecule is CN(C)C(=O)c1ccc(-c2cncc(-c3nnc(-c4cccc([N+](=O)[O-])c4)o3)n2)cc1. The predicted molar refractivity (Wildman–Crippen MR) is 111 cm³/mol. The number of nitro groups is 1. The van der Waals surface area contributed by atoms with E-state index in [9.17, 15) is 14.9 Å². The second-order valence-corrected chi connectivity index (χ2v) is 6.79. The van der Waals surface area contributed by atoms with Crippen LogP contribution in [0, 0.1) is 10.1 Å². The summed E-state index contributed by atoms with van der Waals surface area (Å²) >= 11 is 0. The minimum absolute atomic E-state index is 0.0739. The van der Waals surface area contributed by atoms with E-state index in [0.717, 1.165) is 5.56 Å². The van der Waals surface area contributed by atoms with E-state index in [4.69, 9.17) is 4.42 Å². The lowest BCUT2D eigenvalue weighted by molar-refractivity contribution is -0.384. The smallest absolute Gasteiger partial charge is 0.270 e. The maximum absolute atomic E-state index is 12.0. The number of amides is 1. The summed E-state index contributed by atoms with van der Waals surface area (Å²) in [5.74, 6) is 0.179. The fourth-order valence-electron chi connectivity index (χ4n) is 2.85. The van der Waals surface area contributed by atoms with Gasteiger partial charge in [0.15, 0.2) is 0 Å². The Bertz CT molecular complexity index is 1270. The largest absolute Gasteiger partial charge is 0.415 e. The van der Waals surface area contributed by atoms with Gasteiger partial charge in [0.05, 0.1) is 23.0 Å². The van der Waals surface area contributed by atoms with Gasteiger partial charge in [-0.2, -0.15) is 0 Å². The zero-order valence-electron chi connectivity index (χ0n) is 16.6. The van der Waals surface area contributed by atoms with Crippen molar-refractivity contribution in [2.45, 2.75) is 0 Å². The first-order valence-electron chi connectivity index (χ1n) is 9.15. The summed E-state index contributed by atoms with van der Waals surface area (Å²) in [5, 5.41) is 18.9. The van der Waals surface area contributed by atoms with E-state index in [1.54, 1.807) is 56.7 Å². The Morgan fingerprint density at radius 3 is 2.39 bits per heavy atom. The molecular weight excluding hydrogens is 400 g/mol. The fourth-order valence-corrected chi connectivity index (χ4v) is 2.85. The number of carbonyl (C=O) groups excluding carboxylic acids is 1. The van der Waals surface area contributed by atoms with E-state index in [-0.39, 0.29) is 23.4 Å². The molecule has 4 aromatic rings. The standard InChI is InChI=1S/C21H16N6O4/c1-26(2)21(28)14-8-6-13(7-9-14)17-11-22-12-18(23-17)20-25-24-19(31-20)15-4-3-5-16(10-15)27(29)30/h3-12H,1-2H3. The van der Waals surface area contributed by atoms with Crippen molar-refractivity contribution >= 4 is 11.6 Å². The lowest BCUT2D eigenvalue weighted by atomic mass is 10.1. The molecule has 0 fully saturated rings. The molecule has 2 heterocycles. The van der Waals surface area contributed by atoms with Gasteiger partial charge in [-0.1, -0.05) is 18.2 Å². The Morgan fingerprint density at radius 1 is 0.968 bits per heavy atom. The summed E-state index contributed by atoms with van der Waals surface area (Å²) in [6.45, 7) is 0. The van der Waals surface area contributed by atoms with Crippen LogP contribution in [0.1, 0.15) is 10.4 Å². The minimum atomic E-state index is -0.493. The third-order valence-electron chi connectivity index (χ3n) is 4.42. The van der Waals surface area contributed by atoms with Gasteiger partial charge >= 0.3 is 0 Å². The molecule has 0 saturated carbocycles. The van der Waals surface area contributed by atoms with Crippen LogP contribution in [0.2, 0.25) is 0 Å². The molecule has 31 heavy (non-hydrogen) atoms. The molecule has 0 radical (unpaired) electrons. The Kier molecular flexibility index (Phi) is 5.19. The number of hydrogen-bond acceptors (Lipinski definition) is 8. The normalized spacial score (nSPS) is 10.6. The summed E-state index contributed by atoms with van der Waals surface area (Å²) in [5.41, 5.74) is 2.61. The Hall–Kier alpha value is -4.47. The molecule has 0 spiro atoms. The van der Waals surface area contributed by atoms with E-state index < -0.39 is 4.92 Å². The number of benzene rings is 2. The molecular formula is C21H16N6O4. The van der Waals surface area contributed by atoms with Gasteiger partial charge in [-0.05, 0) is 18.2 Å². The Morgan fingerprint density at radius 2 is 1.68 bits per heavy atom. The van der Waals surface area contributed by atoms with E-state index in [2.05, 4.69) is 20.2 Å². The van der Waals surface area contributed by atoms with Crippen molar-refractivity contribution in [3.05, 3.63) is 76.6 Å². The van der Waals surface area contributed by atoms with E-state index in [0.29, 0.717) is 22.5 Å². The highest BCUT2D eigenvalue weighted by molar-refractivity contribution is 5.94. The summed E-state index contributed by atoms with van der Waals surface area (Å²) in [4.78, 5) is 32.7. The molecule has 4 rings (SSSR count). The van der Waals surface area contributed by atoms with Crippen LogP contribution in [-0.4, -0.2) is 50.0 Å². The highest BCUT2D eigenvalue weighted by Crippen LogP contribution is 2.26. The van der Waals surface area contributed by atoms with Crippen molar-refractivity contribution in [2.24, 2.45) is 0 Å². The molecule has 0 saturated heterocycles. The first kappa shape index (κ1) is 19.8. The van der Waals surface area contributed by atoms with Crippen LogP contribution in [0.3, 0.4) is 0 Å². The van der Waals surface area contributed by atoms with Crippen LogP contribution in [0.15, 0.2) is 65.3 Å². The molecule has 2 aromatic heterocycles. The van der Waals surface area contributed by atoms with Crippen LogP contribution >= 0.6 is 0 Å². The van der Waals surface area contributed by atoms with Crippen molar-refractivity contribution in [3.63, 3.8) is 0 Å². The van der Waals surface area contributed by atoms with Crippen molar-refractivity contribution < 1.29 is 14.1 Å². The zero-order valence-corrected chi connectivity index (χ0v) is 16.6. The van der Waals surface area contributed by atoms with Crippen LogP contribution < -0.4 is 0 Å². The topological polar surface area (TPSA) is 128 Å². The number of aromatic nitrogens is 4. The maximum Gasteiger partial charge on any atom is 0.270 e.